The SMILES string of the molecule is OC1CC(NCc2cn[nH]c2-c2ccccc2)C1. The second-order valence-corrected chi connectivity index (χ2v) is 4.84. The molecule has 1 aromatic heterocycles. The van der Waals surface area contributed by atoms with Gasteiger partial charge in [0, 0.05) is 18.2 Å². The number of aromatic nitrogens is 2. The fraction of sp³-hybridized carbons (Fsp3) is 0.357. The summed E-state index contributed by atoms with van der Waals surface area (Å²) < 4.78 is 0. The maximum absolute atomic E-state index is 9.25. The lowest BCUT2D eigenvalue weighted by Gasteiger charge is -2.32. The van der Waals surface area contributed by atoms with Gasteiger partial charge in [0.15, 0.2) is 0 Å². The molecule has 1 aliphatic carbocycles. The van der Waals surface area contributed by atoms with E-state index in [9.17, 15) is 5.11 Å². The molecule has 1 heterocycles. The highest BCUT2D eigenvalue weighted by Gasteiger charge is 2.26. The quantitative estimate of drug-likeness (QED) is 0.765. The molecule has 1 fully saturated rings. The zero-order valence-electron chi connectivity index (χ0n) is 10.1. The molecule has 0 aliphatic heterocycles. The largest absolute Gasteiger partial charge is 0.393 e. The number of benzene rings is 1. The molecule has 0 radical (unpaired) electrons. The number of rotatable bonds is 4. The first-order chi connectivity index (χ1) is 8.83. The van der Waals surface area contributed by atoms with Gasteiger partial charge in [0.2, 0.25) is 0 Å². The average Bonchev–Trinajstić information content (AvgIpc) is 2.82. The van der Waals surface area contributed by atoms with Crippen molar-refractivity contribution in [2.75, 3.05) is 0 Å². The third-order valence-electron chi connectivity index (χ3n) is 3.47. The van der Waals surface area contributed by atoms with Gasteiger partial charge in [-0.25, -0.2) is 0 Å². The number of aliphatic hydroxyl groups excluding tert-OH is 1. The van der Waals surface area contributed by atoms with Crippen LogP contribution in [0.2, 0.25) is 0 Å². The van der Waals surface area contributed by atoms with E-state index in [1.165, 1.54) is 5.56 Å². The van der Waals surface area contributed by atoms with Crippen molar-refractivity contribution in [3.05, 3.63) is 42.1 Å². The maximum Gasteiger partial charge on any atom is 0.0695 e. The molecule has 0 atom stereocenters. The van der Waals surface area contributed by atoms with Gasteiger partial charge in [0.1, 0.15) is 0 Å². The topological polar surface area (TPSA) is 60.9 Å². The fourth-order valence-electron chi connectivity index (χ4n) is 2.31. The molecule has 0 unspecified atom stereocenters. The number of nitrogens with one attached hydrogen (secondary N) is 2. The van der Waals surface area contributed by atoms with E-state index in [0.29, 0.717) is 6.04 Å². The Morgan fingerprint density at radius 1 is 1.28 bits per heavy atom. The highest BCUT2D eigenvalue weighted by atomic mass is 16.3. The maximum atomic E-state index is 9.25. The van der Waals surface area contributed by atoms with E-state index >= 15 is 0 Å². The Bertz CT molecular complexity index is 503. The molecule has 0 amide bonds. The molecular weight excluding hydrogens is 226 g/mol. The minimum atomic E-state index is -0.111. The second-order valence-electron chi connectivity index (χ2n) is 4.84. The van der Waals surface area contributed by atoms with Crippen LogP contribution in [-0.4, -0.2) is 27.4 Å². The van der Waals surface area contributed by atoms with Crippen molar-refractivity contribution in [3.8, 4) is 11.3 Å². The van der Waals surface area contributed by atoms with Crippen molar-refractivity contribution in [3.63, 3.8) is 0 Å². The van der Waals surface area contributed by atoms with Gasteiger partial charge in [-0.3, -0.25) is 5.10 Å². The molecule has 3 N–H and O–H groups in total. The summed E-state index contributed by atoms with van der Waals surface area (Å²) in [5.41, 5.74) is 3.39. The predicted molar refractivity (Wildman–Crippen MR) is 69.9 cm³/mol. The molecule has 0 spiro atoms. The van der Waals surface area contributed by atoms with Crippen molar-refractivity contribution >= 4 is 0 Å². The van der Waals surface area contributed by atoms with Crippen LogP contribution in [0.3, 0.4) is 0 Å². The lowest BCUT2D eigenvalue weighted by molar-refractivity contribution is 0.0619. The summed E-state index contributed by atoms with van der Waals surface area (Å²) in [6.45, 7) is 0.790. The molecule has 0 bridgehead atoms. The summed E-state index contributed by atoms with van der Waals surface area (Å²) in [7, 11) is 0. The number of H-pyrrole nitrogens is 1. The van der Waals surface area contributed by atoms with Crippen molar-refractivity contribution in [1.29, 1.82) is 0 Å². The van der Waals surface area contributed by atoms with Gasteiger partial charge in [-0.05, 0) is 18.4 Å². The molecule has 18 heavy (non-hydrogen) atoms. The van der Waals surface area contributed by atoms with Crippen LogP contribution in [-0.2, 0) is 6.54 Å². The highest BCUT2D eigenvalue weighted by molar-refractivity contribution is 5.62. The first-order valence-electron chi connectivity index (χ1n) is 6.32. The number of nitrogens with zero attached hydrogens (tertiary/aromatic N) is 1. The standard InChI is InChI=1S/C14H17N3O/c18-13-6-12(7-13)15-8-11-9-16-17-14(11)10-4-2-1-3-5-10/h1-5,9,12-13,15,18H,6-8H2,(H,16,17). The third kappa shape index (κ3) is 2.30. The van der Waals surface area contributed by atoms with E-state index in [1.807, 2.05) is 24.4 Å². The first-order valence-corrected chi connectivity index (χ1v) is 6.32. The molecule has 2 aromatic rings. The van der Waals surface area contributed by atoms with Crippen molar-refractivity contribution in [2.45, 2.75) is 31.5 Å². The zero-order valence-corrected chi connectivity index (χ0v) is 10.1. The van der Waals surface area contributed by atoms with E-state index in [1.54, 1.807) is 0 Å². The Morgan fingerprint density at radius 3 is 2.78 bits per heavy atom. The third-order valence-corrected chi connectivity index (χ3v) is 3.47. The van der Waals surface area contributed by atoms with Gasteiger partial charge in [-0.15, -0.1) is 0 Å². The van der Waals surface area contributed by atoms with Gasteiger partial charge < -0.3 is 10.4 Å². The Morgan fingerprint density at radius 2 is 2.06 bits per heavy atom. The molecule has 0 saturated heterocycles. The Balaban J connectivity index is 1.68. The minimum absolute atomic E-state index is 0.111. The molecule has 3 rings (SSSR count). The summed E-state index contributed by atoms with van der Waals surface area (Å²) in [6, 6.07) is 10.6. The molecule has 1 aliphatic rings. The van der Waals surface area contributed by atoms with Gasteiger partial charge >= 0.3 is 0 Å². The van der Waals surface area contributed by atoms with Crippen molar-refractivity contribution in [1.82, 2.24) is 15.5 Å². The lowest BCUT2D eigenvalue weighted by Crippen LogP contribution is -2.43. The van der Waals surface area contributed by atoms with Gasteiger partial charge in [-0.1, -0.05) is 30.3 Å². The van der Waals surface area contributed by atoms with Crippen molar-refractivity contribution < 1.29 is 5.11 Å². The monoisotopic (exact) mass is 243 g/mol. The lowest BCUT2D eigenvalue weighted by atomic mass is 9.89. The molecule has 4 nitrogen and oxygen atoms in total. The Kier molecular flexibility index (Phi) is 3.13. The van der Waals surface area contributed by atoms with E-state index in [2.05, 4.69) is 27.6 Å². The fourth-order valence-corrected chi connectivity index (χ4v) is 2.31. The first kappa shape index (κ1) is 11.4. The summed E-state index contributed by atoms with van der Waals surface area (Å²) in [4.78, 5) is 0. The Labute approximate surface area is 106 Å². The summed E-state index contributed by atoms with van der Waals surface area (Å²) in [5, 5.41) is 19.9. The van der Waals surface area contributed by atoms with E-state index in [0.717, 1.165) is 30.6 Å². The molecule has 1 saturated carbocycles. The Hall–Kier alpha value is -1.65. The average molecular weight is 243 g/mol. The molecule has 94 valence electrons. The van der Waals surface area contributed by atoms with Crippen LogP contribution in [0.15, 0.2) is 36.5 Å². The number of aliphatic hydroxyl groups is 1. The van der Waals surface area contributed by atoms with Gasteiger partial charge in [-0.2, -0.15) is 5.10 Å². The van der Waals surface area contributed by atoms with E-state index in [-0.39, 0.29) is 6.10 Å². The van der Waals surface area contributed by atoms with Crippen LogP contribution in [0, 0.1) is 0 Å². The minimum Gasteiger partial charge on any atom is -0.393 e. The smallest absolute Gasteiger partial charge is 0.0695 e. The van der Waals surface area contributed by atoms with Crippen LogP contribution in [0.25, 0.3) is 11.3 Å². The van der Waals surface area contributed by atoms with Crippen LogP contribution >= 0.6 is 0 Å². The van der Waals surface area contributed by atoms with Crippen LogP contribution in [0.5, 0.6) is 0 Å². The summed E-state index contributed by atoms with van der Waals surface area (Å²) in [5.74, 6) is 0. The van der Waals surface area contributed by atoms with Crippen molar-refractivity contribution in [2.24, 2.45) is 0 Å². The number of hydrogen-bond acceptors (Lipinski definition) is 3. The molecule has 4 heteroatoms. The highest BCUT2D eigenvalue weighted by Crippen LogP contribution is 2.23. The number of aromatic amines is 1. The van der Waals surface area contributed by atoms with Gasteiger partial charge in [0.05, 0.1) is 18.0 Å². The zero-order chi connectivity index (χ0) is 12.4. The van der Waals surface area contributed by atoms with Crippen LogP contribution < -0.4 is 5.32 Å². The van der Waals surface area contributed by atoms with Crippen LogP contribution in [0.1, 0.15) is 18.4 Å². The van der Waals surface area contributed by atoms with E-state index < -0.39 is 0 Å². The van der Waals surface area contributed by atoms with Gasteiger partial charge in [0.25, 0.3) is 0 Å². The summed E-state index contributed by atoms with van der Waals surface area (Å²) >= 11 is 0. The second kappa shape index (κ2) is 4.92. The molecule has 1 aromatic carbocycles. The predicted octanol–water partition coefficient (Wildman–Crippen LogP) is 1.69. The van der Waals surface area contributed by atoms with E-state index in [4.69, 9.17) is 0 Å². The number of hydrogen-bond donors (Lipinski definition) is 3. The normalized spacial score (nSPS) is 22.7. The van der Waals surface area contributed by atoms with Crippen LogP contribution in [0.4, 0.5) is 0 Å². The summed E-state index contributed by atoms with van der Waals surface area (Å²) in [6.07, 6.45) is 3.47. The molecular formula is C14H17N3O.